The molecule has 0 atom stereocenters. The van der Waals surface area contributed by atoms with Crippen molar-refractivity contribution >= 4 is 11.7 Å². The summed E-state index contributed by atoms with van der Waals surface area (Å²) in [4.78, 5) is 21.0. The summed E-state index contributed by atoms with van der Waals surface area (Å²) in [5.74, 6) is -0.161. The number of aromatic carboxylic acids is 1. The van der Waals surface area contributed by atoms with E-state index in [1.54, 1.807) is 0 Å². The molecule has 0 saturated heterocycles. The molecule has 0 aromatic heterocycles. The van der Waals surface area contributed by atoms with Crippen LogP contribution in [0.1, 0.15) is 10.4 Å². The Morgan fingerprint density at radius 3 is 2.24 bits per heavy atom. The summed E-state index contributed by atoms with van der Waals surface area (Å²) in [7, 11) is 1.39. The Bertz CT molecular complexity index is 680. The molecule has 0 aliphatic heterocycles. The molecule has 108 valence electrons. The minimum absolute atomic E-state index is 0.124. The number of nitro benzene ring substituents is 1. The fourth-order valence-electron chi connectivity index (χ4n) is 1.64. The zero-order valence-corrected chi connectivity index (χ0v) is 11.0. The van der Waals surface area contributed by atoms with Crippen LogP contribution in [0.2, 0.25) is 0 Å². The van der Waals surface area contributed by atoms with Crippen LogP contribution in [0.4, 0.5) is 5.69 Å². The molecule has 0 spiro atoms. The van der Waals surface area contributed by atoms with Crippen LogP contribution >= 0.6 is 0 Å². The number of nitrogens with zero attached hydrogens (tertiary/aromatic N) is 1. The number of hydrogen-bond acceptors (Lipinski definition) is 5. The van der Waals surface area contributed by atoms with Gasteiger partial charge in [-0.2, -0.15) is 0 Å². The highest BCUT2D eigenvalue weighted by atomic mass is 16.6. The van der Waals surface area contributed by atoms with E-state index in [9.17, 15) is 14.9 Å². The first-order valence-electron chi connectivity index (χ1n) is 5.84. The maximum Gasteiger partial charge on any atom is 0.335 e. The Labute approximate surface area is 119 Å². The van der Waals surface area contributed by atoms with Crippen LogP contribution in [0.25, 0.3) is 0 Å². The van der Waals surface area contributed by atoms with Crippen molar-refractivity contribution in [1.82, 2.24) is 0 Å². The van der Waals surface area contributed by atoms with Crippen molar-refractivity contribution in [2.24, 2.45) is 0 Å². The average Bonchev–Trinajstić information content (AvgIpc) is 2.47. The molecule has 0 unspecified atom stereocenters. The third kappa shape index (κ3) is 3.47. The van der Waals surface area contributed by atoms with E-state index in [2.05, 4.69) is 0 Å². The number of benzene rings is 2. The molecule has 21 heavy (non-hydrogen) atoms. The number of hydrogen-bond donors (Lipinski definition) is 1. The molecular formula is C14H11NO6. The number of non-ortho nitro benzene ring substituents is 1. The average molecular weight is 289 g/mol. The van der Waals surface area contributed by atoms with Gasteiger partial charge in [0, 0.05) is 6.07 Å². The molecule has 2 rings (SSSR count). The lowest BCUT2D eigenvalue weighted by molar-refractivity contribution is -0.385. The number of carbonyl (C=O) groups is 1. The Balaban J connectivity index is 2.28. The van der Waals surface area contributed by atoms with Gasteiger partial charge in [-0.3, -0.25) is 10.1 Å². The Morgan fingerprint density at radius 1 is 1.10 bits per heavy atom. The third-order valence-electron chi connectivity index (χ3n) is 2.65. The van der Waals surface area contributed by atoms with Gasteiger partial charge in [0.1, 0.15) is 17.2 Å². The number of methoxy groups -OCH3 is 1. The maximum atomic E-state index is 10.8. The number of carboxylic acids is 1. The lowest BCUT2D eigenvalue weighted by atomic mass is 10.2. The van der Waals surface area contributed by atoms with E-state index in [1.165, 1.54) is 49.6 Å². The lowest BCUT2D eigenvalue weighted by Gasteiger charge is -2.08. The van der Waals surface area contributed by atoms with Crippen molar-refractivity contribution in [3.63, 3.8) is 0 Å². The van der Waals surface area contributed by atoms with E-state index in [0.29, 0.717) is 11.5 Å². The molecule has 0 heterocycles. The van der Waals surface area contributed by atoms with Gasteiger partial charge in [0.2, 0.25) is 0 Å². The van der Waals surface area contributed by atoms with Gasteiger partial charge in [-0.25, -0.2) is 4.79 Å². The van der Waals surface area contributed by atoms with Gasteiger partial charge < -0.3 is 14.6 Å². The van der Waals surface area contributed by atoms with Gasteiger partial charge in [0.15, 0.2) is 0 Å². The first-order valence-corrected chi connectivity index (χ1v) is 5.84. The van der Waals surface area contributed by atoms with Crippen LogP contribution in [-0.2, 0) is 0 Å². The van der Waals surface area contributed by atoms with Gasteiger partial charge in [-0.1, -0.05) is 0 Å². The third-order valence-corrected chi connectivity index (χ3v) is 2.65. The maximum absolute atomic E-state index is 10.8. The van der Waals surface area contributed by atoms with Crippen molar-refractivity contribution in [3.05, 3.63) is 58.1 Å². The highest BCUT2D eigenvalue weighted by Crippen LogP contribution is 2.30. The summed E-state index contributed by atoms with van der Waals surface area (Å²) in [6.07, 6.45) is 0. The molecule has 2 aromatic rings. The number of carboxylic acid groups (broad SMARTS) is 1. The highest BCUT2D eigenvalue weighted by molar-refractivity contribution is 5.87. The Kier molecular flexibility index (Phi) is 4.03. The fourth-order valence-corrected chi connectivity index (χ4v) is 1.64. The zero-order valence-electron chi connectivity index (χ0n) is 11.0. The predicted octanol–water partition coefficient (Wildman–Crippen LogP) is 3.09. The van der Waals surface area contributed by atoms with Crippen LogP contribution < -0.4 is 9.47 Å². The van der Waals surface area contributed by atoms with Crippen LogP contribution in [0, 0.1) is 10.1 Å². The van der Waals surface area contributed by atoms with Crippen molar-refractivity contribution in [2.75, 3.05) is 7.11 Å². The summed E-state index contributed by atoms with van der Waals surface area (Å²) >= 11 is 0. The molecule has 0 radical (unpaired) electrons. The summed E-state index contributed by atoms with van der Waals surface area (Å²) in [5, 5.41) is 19.6. The van der Waals surface area contributed by atoms with Gasteiger partial charge in [-0.15, -0.1) is 0 Å². The first kappa shape index (κ1) is 14.3. The van der Waals surface area contributed by atoms with E-state index in [4.69, 9.17) is 14.6 Å². The van der Waals surface area contributed by atoms with E-state index in [-0.39, 0.29) is 17.0 Å². The molecule has 7 heteroatoms. The van der Waals surface area contributed by atoms with E-state index >= 15 is 0 Å². The summed E-state index contributed by atoms with van der Waals surface area (Å²) < 4.78 is 10.4. The number of nitro groups is 1. The van der Waals surface area contributed by atoms with Gasteiger partial charge in [0.25, 0.3) is 5.69 Å². The summed E-state index contributed by atoms with van der Waals surface area (Å²) in [6.45, 7) is 0. The van der Waals surface area contributed by atoms with Crippen LogP contribution in [0.3, 0.4) is 0 Å². The second-order valence-corrected chi connectivity index (χ2v) is 4.06. The highest BCUT2D eigenvalue weighted by Gasteiger charge is 2.12. The van der Waals surface area contributed by atoms with Gasteiger partial charge in [-0.05, 0) is 24.3 Å². The minimum Gasteiger partial charge on any atom is -0.496 e. The van der Waals surface area contributed by atoms with Crippen LogP contribution in [0.5, 0.6) is 17.2 Å². The Morgan fingerprint density at radius 2 is 1.71 bits per heavy atom. The molecule has 0 aliphatic carbocycles. The standard InChI is InChI=1S/C14H11NO6/c1-20-12-6-10(15(18)19)7-13(8-12)21-11-4-2-9(3-5-11)14(16)17/h2-8H,1H3,(H,16,17). The molecule has 0 saturated carbocycles. The van der Waals surface area contributed by atoms with Crippen molar-refractivity contribution in [2.45, 2.75) is 0 Å². The molecule has 0 amide bonds. The second-order valence-electron chi connectivity index (χ2n) is 4.06. The summed E-state index contributed by atoms with van der Waals surface area (Å²) in [6, 6.07) is 9.73. The Hall–Kier alpha value is -3.09. The minimum atomic E-state index is -1.04. The second kappa shape index (κ2) is 5.91. The van der Waals surface area contributed by atoms with Crippen molar-refractivity contribution < 1.29 is 24.3 Å². The smallest absolute Gasteiger partial charge is 0.335 e. The quantitative estimate of drug-likeness (QED) is 0.670. The number of ether oxygens (including phenoxy) is 2. The predicted molar refractivity (Wildman–Crippen MR) is 73.1 cm³/mol. The molecular weight excluding hydrogens is 278 g/mol. The van der Waals surface area contributed by atoms with E-state index in [1.807, 2.05) is 0 Å². The molecule has 0 bridgehead atoms. The normalized spacial score (nSPS) is 9.95. The lowest BCUT2D eigenvalue weighted by Crippen LogP contribution is -1.95. The van der Waals surface area contributed by atoms with E-state index < -0.39 is 10.9 Å². The molecule has 0 fully saturated rings. The molecule has 0 aliphatic rings. The molecule has 2 aromatic carbocycles. The van der Waals surface area contributed by atoms with Gasteiger partial charge >= 0.3 is 5.97 Å². The summed E-state index contributed by atoms with van der Waals surface area (Å²) in [5.41, 5.74) is -0.0366. The van der Waals surface area contributed by atoms with Crippen molar-refractivity contribution in [3.8, 4) is 17.2 Å². The monoisotopic (exact) mass is 289 g/mol. The van der Waals surface area contributed by atoms with Crippen LogP contribution in [0.15, 0.2) is 42.5 Å². The molecule has 1 N–H and O–H groups in total. The SMILES string of the molecule is COc1cc(Oc2ccc(C(=O)O)cc2)cc([N+](=O)[O-])c1. The fraction of sp³-hybridized carbons (Fsp3) is 0.0714. The topological polar surface area (TPSA) is 98.9 Å². The first-order chi connectivity index (χ1) is 9.99. The zero-order chi connectivity index (χ0) is 15.4. The van der Waals surface area contributed by atoms with Crippen molar-refractivity contribution in [1.29, 1.82) is 0 Å². The largest absolute Gasteiger partial charge is 0.496 e. The molecule has 7 nitrogen and oxygen atoms in total. The van der Waals surface area contributed by atoms with Gasteiger partial charge in [0.05, 0.1) is 29.7 Å². The van der Waals surface area contributed by atoms with E-state index in [0.717, 1.165) is 0 Å². The van der Waals surface area contributed by atoms with Crippen LogP contribution in [-0.4, -0.2) is 23.1 Å². The number of rotatable bonds is 5.